The van der Waals surface area contributed by atoms with Gasteiger partial charge in [-0.1, -0.05) is 47.6 Å². The molecule has 2 aromatic rings. The summed E-state index contributed by atoms with van der Waals surface area (Å²) in [5.41, 5.74) is 1.17. The van der Waals surface area contributed by atoms with E-state index in [1.54, 1.807) is 30.3 Å². The lowest BCUT2D eigenvalue weighted by Crippen LogP contribution is -2.21. The van der Waals surface area contributed by atoms with Gasteiger partial charge in [0.05, 0.1) is 5.97 Å². The highest BCUT2D eigenvalue weighted by Crippen LogP contribution is 2.26. The van der Waals surface area contributed by atoms with Crippen molar-refractivity contribution in [2.24, 2.45) is 0 Å². The van der Waals surface area contributed by atoms with Crippen LogP contribution in [0.4, 0.5) is 5.82 Å². The Hall–Kier alpha value is -1.79. The van der Waals surface area contributed by atoms with E-state index in [4.69, 9.17) is 11.6 Å². The van der Waals surface area contributed by atoms with Crippen molar-refractivity contribution in [3.05, 3.63) is 46.6 Å². The number of rotatable bonds is 5. The number of benzene rings is 1. The predicted molar refractivity (Wildman–Crippen MR) is 88.8 cm³/mol. The summed E-state index contributed by atoms with van der Waals surface area (Å²) >= 11 is 7.58. The van der Waals surface area contributed by atoms with E-state index in [0.29, 0.717) is 16.1 Å². The second-order valence-electron chi connectivity index (χ2n) is 5.30. The number of carboxylic acids is 1. The van der Waals surface area contributed by atoms with Gasteiger partial charge in [0, 0.05) is 24.9 Å². The van der Waals surface area contributed by atoms with Gasteiger partial charge in [0.15, 0.2) is 5.16 Å². The van der Waals surface area contributed by atoms with Crippen LogP contribution in [-0.4, -0.2) is 29.0 Å². The van der Waals surface area contributed by atoms with Crippen LogP contribution in [0.1, 0.15) is 28.8 Å². The maximum atomic E-state index is 10.7. The molecular formula is C16H15ClN3O2S-. The number of halogens is 1. The summed E-state index contributed by atoms with van der Waals surface area (Å²) in [6.45, 7) is 2.00. The summed E-state index contributed by atoms with van der Waals surface area (Å²) in [6.07, 6.45) is 2.35. The van der Waals surface area contributed by atoms with Gasteiger partial charge in [-0.15, -0.1) is 0 Å². The summed E-state index contributed by atoms with van der Waals surface area (Å²) in [6, 6.07) is 8.42. The molecule has 1 fully saturated rings. The van der Waals surface area contributed by atoms with E-state index in [2.05, 4.69) is 14.9 Å². The van der Waals surface area contributed by atoms with Gasteiger partial charge in [0.1, 0.15) is 11.0 Å². The summed E-state index contributed by atoms with van der Waals surface area (Å²) in [4.78, 5) is 21.8. The monoisotopic (exact) mass is 348 g/mol. The molecular weight excluding hydrogens is 334 g/mol. The zero-order valence-electron chi connectivity index (χ0n) is 12.4. The van der Waals surface area contributed by atoms with Crippen LogP contribution in [0.2, 0.25) is 5.15 Å². The quantitative estimate of drug-likeness (QED) is 0.469. The largest absolute Gasteiger partial charge is 0.545 e. The minimum absolute atomic E-state index is 0.175. The van der Waals surface area contributed by atoms with Gasteiger partial charge in [0.25, 0.3) is 0 Å². The van der Waals surface area contributed by atoms with Crippen LogP contribution in [0.25, 0.3) is 0 Å². The van der Waals surface area contributed by atoms with Crippen molar-refractivity contribution in [1.82, 2.24) is 9.97 Å². The molecule has 0 aliphatic carbocycles. The molecule has 1 aliphatic heterocycles. The average Bonchev–Trinajstić information content (AvgIpc) is 3.07. The smallest absolute Gasteiger partial charge is 0.191 e. The fourth-order valence-corrected chi connectivity index (χ4v) is 3.48. The standard InChI is InChI=1S/C16H16ClN3O2S/c17-13-9-14(20-7-1-2-8-20)19-16(18-13)23-10-11-3-5-12(6-4-11)15(21)22/h3-6,9H,1-2,7-8,10H2,(H,21,22)/p-1. The molecule has 5 nitrogen and oxygen atoms in total. The molecule has 0 radical (unpaired) electrons. The number of carboxylic acid groups (broad SMARTS) is 1. The Morgan fingerprint density at radius 3 is 2.57 bits per heavy atom. The topological polar surface area (TPSA) is 69.2 Å². The molecule has 1 aliphatic rings. The highest BCUT2D eigenvalue weighted by Gasteiger charge is 2.15. The minimum Gasteiger partial charge on any atom is -0.545 e. The maximum Gasteiger partial charge on any atom is 0.191 e. The van der Waals surface area contributed by atoms with E-state index in [0.717, 1.165) is 24.5 Å². The van der Waals surface area contributed by atoms with E-state index in [1.165, 1.54) is 24.6 Å². The van der Waals surface area contributed by atoms with Crippen molar-refractivity contribution in [2.75, 3.05) is 18.0 Å². The molecule has 1 aromatic heterocycles. The molecule has 120 valence electrons. The van der Waals surface area contributed by atoms with Gasteiger partial charge in [0.2, 0.25) is 0 Å². The van der Waals surface area contributed by atoms with Crippen LogP contribution < -0.4 is 10.0 Å². The van der Waals surface area contributed by atoms with E-state index in [9.17, 15) is 9.90 Å². The highest BCUT2D eigenvalue weighted by atomic mass is 35.5. The molecule has 7 heteroatoms. The Balaban J connectivity index is 1.68. The third kappa shape index (κ3) is 4.14. The third-order valence-corrected chi connectivity index (χ3v) is 4.76. The van der Waals surface area contributed by atoms with E-state index in [-0.39, 0.29) is 5.56 Å². The first kappa shape index (κ1) is 16.1. The normalized spacial score (nSPS) is 14.2. The molecule has 0 unspecified atom stereocenters. The van der Waals surface area contributed by atoms with Gasteiger partial charge in [-0.2, -0.15) is 0 Å². The minimum atomic E-state index is -1.17. The number of carbonyl (C=O) groups is 1. The van der Waals surface area contributed by atoms with Gasteiger partial charge in [-0.25, -0.2) is 9.97 Å². The number of thioether (sulfide) groups is 1. The SMILES string of the molecule is O=C([O-])c1ccc(CSc2nc(Cl)cc(N3CCCC3)n2)cc1. The van der Waals surface area contributed by atoms with Gasteiger partial charge in [-0.3, -0.25) is 0 Å². The van der Waals surface area contributed by atoms with Gasteiger partial charge >= 0.3 is 0 Å². The molecule has 0 amide bonds. The summed E-state index contributed by atoms with van der Waals surface area (Å²) in [5.74, 6) is 0.350. The molecule has 3 rings (SSSR count). The highest BCUT2D eigenvalue weighted by molar-refractivity contribution is 7.98. The van der Waals surface area contributed by atoms with Gasteiger partial charge in [-0.05, 0) is 24.0 Å². The number of carbonyl (C=O) groups excluding carboxylic acids is 1. The van der Waals surface area contributed by atoms with Crippen molar-refractivity contribution in [3.8, 4) is 0 Å². The van der Waals surface area contributed by atoms with Crippen molar-refractivity contribution >= 4 is 35.1 Å². The first-order chi connectivity index (χ1) is 11.1. The number of hydrogen-bond acceptors (Lipinski definition) is 6. The van der Waals surface area contributed by atoms with Crippen LogP contribution in [0, 0.1) is 0 Å². The fraction of sp³-hybridized carbons (Fsp3) is 0.312. The lowest BCUT2D eigenvalue weighted by Gasteiger charge is -2.16. The van der Waals surface area contributed by atoms with Crippen LogP contribution in [0.15, 0.2) is 35.5 Å². The van der Waals surface area contributed by atoms with Crippen molar-refractivity contribution in [2.45, 2.75) is 23.8 Å². The first-order valence-electron chi connectivity index (χ1n) is 7.34. The van der Waals surface area contributed by atoms with Crippen LogP contribution in [0.3, 0.4) is 0 Å². The lowest BCUT2D eigenvalue weighted by atomic mass is 10.1. The summed E-state index contributed by atoms with van der Waals surface area (Å²) in [7, 11) is 0. The molecule has 1 aromatic carbocycles. The number of aromatic carboxylic acids is 1. The van der Waals surface area contributed by atoms with Crippen LogP contribution in [0.5, 0.6) is 0 Å². The fourth-order valence-electron chi connectivity index (χ4n) is 2.44. The second-order valence-corrected chi connectivity index (χ2v) is 6.63. The van der Waals surface area contributed by atoms with Crippen LogP contribution in [-0.2, 0) is 5.75 Å². The maximum absolute atomic E-state index is 10.7. The Kier molecular flexibility index (Phi) is 5.03. The number of anilines is 1. The molecule has 23 heavy (non-hydrogen) atoms. The molecule has 0 atom stereocenters. The van der Waals surface area contributed by atoms with E-state index >= 15 is 0 Å². The predicted octanol–water partition coefficient (Wildman–Crippen LogP) is 2.39. The van der Waals surface area contributed by atoms with Crippen molar-refractivity contribution in [3.63, 3.8) is 0 Å². The van der Waals surface area contributed by atoms with Crippen molar-refractivity contribution in [1.29, 1.82) is 0 Å². The molecule has 1 saturated heterocycles. The zero-order chi connectivity index (χ0) is 16.2. The molecule has 0 bridgehead atoms. The first-order valence-corrected chi connectivity index (χ1v) is 8.71. The molecule has 0 saturated carbocycles. The number of nitrogens with zero attached hydrogens (tertiary/aromatic N) is 3. The van der Waals surface area contributed by atoms with E-state index < -0.39 is 5.97 Å². The van der Waals surface area contributed by atoms with E-state index in [1.807, 2.05) is 0 Å². The summed E-state index contributed by atoms with van der Waals surface area (Å²) in [5, 5.41) is 11.8. The van der Waals surface area contributed by atoms with Crippen LogP contribution >= 0.6 is 23.4 Å². The van der Waals surface area contributed by atoms with Gasteiger partial charge < -0.3 is 14.8 Å². The average molecular weight is 349 g/mol. The Morgan fingerprint density at radius 2 is 1.91 bits per heavy atom. The number of aromatic nitrogens is 2. The summed E-state index contributed by atoms with van der Waals surface area (Å²) < 4.78 is 0. The molecule has 0 N–H and O–H groups in total. The Morgan fingerprint density at radius 1 is 1.22 bits per heavy atom. The number of hydrogen-bond donors (Lipinski definition) is 0. The van der Waals surface area contributed by atoms with Crippen molar-refractivity contribution < 1.29 is 9.90 Å². The molecule has 0 spiro atoms. The third-order valence-electron chi connectivity index (χ3n) is 3.65. The Labute approximate surface area is 143 Å². The lowest BCUT2D eigenvalue weighted by molar-refractivity contribution is -0.255. The molecule has 2 heterocycles. The second kappa shape index (κ2) is 7.19. The zero-order valence-corrected chi connectivity index (χ0v) is 13.9. The Bertz CT molecular complexity index is 703.